The lowest BCUT2D eigenvalue weighted by molar-refractivity contribution is 0.795. The fraction of sp³-hybridized carbons (Fsp3) is 0.235. The first-order valence-corrected chi connectivity index (χ1v) is 7.72. The highest BCUT2D eigenvalue weighted by Crippen LogP contribution is 2.25. The molecule has 0 spiro atoms. The van der Waals surface area contributed by atoms with Crippen molar-refractivity contribution in [1.82, 2.24) is 19.5 Å². The number of nitrogens with one attached hydrogen (secondary N) is 1. The lowest BCUT2D eigenvalue weighted by atomic mass is 10.1. The molecule has 0 saturated carbocycles. The van der Waals surface area contributed by atoms with Gasteiger partial charge in [0.15, 0.2) is 11.6 Å². The molecule has 118 valence electrons. The quantitative estimate of drug-likeness (QED) is 0.730. The van der Waals surface area contributed by atoms with E-state index in [2.05, 4.69) is 39.3 Å². The van der Waals surface area contributed by atoms with Crippen LogP contribution in [0.1, 0.15) is 25.3 Å². The molecule has 0 radical (unpaired) electrons. The molecule has 23 heavy (non-hydrogen) atoms. The topological polar surface area (TPSA) is 81.7 Å². The summed E-state index contributed by atoms with van der Waals surface area (Å²) in [5, 5.41) is 3.25. The Kier molecular flexibility index (Phi) is 4.52. The molecule has 6 nitrogen and oxygen atoms in total. The van der Waals surface area contributed by atoms with Crippen LogP contribution in [0.25, 0.3) is 5.82 Å². The van der Waals surface area contributed by atoms with E-state index in [0.29, 0.717) is 17.3 Å². The molecule has 1 aromatic carbocycles. The molecule has 2 aromatic heterocycles. The average Bonchev–Trinajstić information content (AvgIpc) is 3.10. The molecule has 2 heterocycles. The van der Waals surface area contributed by atoms with Gasteiger partial charge in [0.25, 0.3) is 0 Å². The van der Waals surface area contributed by atoms with Crippen LogP contribution >= 0.6 is 0 Å². The number of benzene rings is 1. The average molecular weight is 308 g/mol. The first-order chi connectivity index (χ1) is 11.3. The van der Waals surface area contributed by atoms with Gasteiger partial charge in [-0.3, -0.25) is 4.57 Å². The minimum absolute atomic E-state index is 0.487. The van der Waals surface area contributed by atoms with E-state index in [9.17, 15) is 0 Å². The summed E-state index contributed by atoms with van der Waals surface area (Å²) < 4.78 is 1.76. The van der Waals surface area contributed by atoms with Gasteiger partial charge in [-0.05, 0) is 30.5 Å². The predicted molar refractivity (Wildman–Crippen MR) is 91.9 cm³/mol. The Morgan fingerprint density at radius 1 is 1.17 bits per heavy atom. The summed E-state index contributed by atoms with van der Waals surface area (Å²) >= 11 is 0. The van der Waals surface area contributed by atoms with E-state index in [1.54, 1.807) is 23.3 Å². The summed E-state index contributed by atoms with van der Waals surface area (Å²) in [6.45, 7) is 2.20. The number of anilines is 3. The largest absolute Gasteiger partial charge is 0.393 e. The Morgan fingerprint density at radius 3 is 2.70 bits per heavy atom. The van der Waals surface area contributed by atoms with Gasteiger partial charge in [-0.15, -0.1) is 0 Å². The van der Waals surface area contributed by atoms with Crippen molar-refractivity contribution in [2.45, 2.75) is 26.2 Å². The number of hydrogen-bond donors (Lipinski definition) is 2. The highest BCUT2D eigenvalue weighted by atomic mass is 15.1. The fourth-order valence-electron chi connectivity index (χ4n) is 2.35. The normalized spacial score (nSPS) is 10.7. The first-order valence-electron chi connectivity index (χ1n) is 7.72. The van der Waals surface area contributed by atoms with Crippen LogP contribution in [0, 0.1) is 0 Å². The van der Waals surface area contributed by atoms with Gasteiger partial charge < -0.3 is 11.1 Å². The third kappa shape index (κ3) is 3.48. The van der Waals surface area contributed by atoms with Crippen molar-refractivity contribution in [2.24, 2.45) is 0 Å². The summed E-state index contributed by atoms with van der Waals surface area (Å²) in [5.41, 5.74) is 8.96. The maximum atomic E-state index is 6.18. The number of aromatic nitrogens is 4. The lowest BCUT2D eigenvalue weighted by Gasteiger charge is -2.11. The van der Waals surface area contributed by atoms with Crippen molar-refractivity contribution in [3.8, 4) is 5.82 Å². The summed E-state index contributed by atoms with van der Waals surface area (Å²) in [4.78, 5) is 12.5. The molecule has 0 bridgehead atoms. The van der Waals surface area contributed by atoms with Gasteiger partial charge >= 0.3 is 0 Å². The van der Waals surface area contributed by atoms with Gasteiger partial charge in [-0.2, -0.15) is 0 Å². The van der Waals surface area contributed by atoms with Gasteiger partial charge in [-0.1, -0.05) is 25.5 Å². The lowest BCUT2D eigenvalue weighted by Crippen LogP contribution is -2.06. The SMILES string of the molecule is CCCCc1ccc(Nc2ncnc(-n3ccnc3)c2N)cc1. The van der Waals surface area contributed by atoms with Crippen molar-refractivity contribution in [2.75, 3.05) is 11.1 Å². The van der Waals surface area contributed by atoms with Crippen LogP contribution in [0.15, 0.2) is 49.3 Å². The third-order valence-corrected chi connectivity index (χ3v) is 3.65. The zero-order valence-electron chi connectivity index (χ0n) is 13.1. The molecular formula is C17H20N6. The minimum atomic E-state index is 0.487. The van der Waals surface area contributed by atoms with Gasteiger partial charge in [0, 0.05) is 18.1 Å². The second-order valence-electron chi connectivity index (χ2n) is 5.35. The Labute approximate surface area is 135 Å². The van der Waals surface area contributed by atoms with E-state index >= 15 is 0 Å². The molecule has 0 atom stereocenters. The van der Waals surface area contributed by atoms with Crippen molar-refractivity contribution >= 4 is 17.2 Å². The molecule has 0 unspecified atom stereocenters. The third-order valence-electron chi connectivity index (χ3n) is 3.65. The summed E-state index contributed by atoms with van der Waals surface area (Å²) in [6.07, 6.45) is 10.1. The standard InChI is InChI=1S/C17H20N6/c1-2-3-4-13-5-7-14(8-6-13)22-16-15(18)17(21-11-20-16)23-10-9-19-12-23/h5-12H,2-4,18H2,1H3,(H,20,21,22). The number of unbranched alkanes of at least 4 members (excludes halogenated alkanes) is 1. The first kappa shape index (κ1) is 15.0. The van der Waals surface area contributed by atoms with Crippen LogP contribution < -0.4 is 11.1 Å². The molecule has 0 amide bonds. The number of nitrogens with two attached hydrogens (primary N) is 1. The molecule has 3 N–H and O–H groups in total. The Balaban J connectivity index is 1.79. The maximum absolute atomic E-state index is 6.18. The van der Waals surface area contributed by atoms with Gasteiger partial charge in [0.1, 0.15) is 18.3 Å². The zero-order chi connectivity index (χ0) is 16.1. The van der Waals surface area contributed by atoms with E-state index in [-0.39, 0.29) is 0 Å². The maximum Gasteiger partial charge on any atom is 0.166 e. The number of nitrogen functional groups attached to an aromatic ring is 1. The highest BCUT2D eigenvalue weighted by Gasteiger charge is 2.09. The number of rotatable bonds is 6. The van der Waals surface area contributed by atoms with Crippen molar-refractivity contribution in [1.29, 1.82) is 0 Å². The van der Waals surface area contributed by atoms with Gasteiger partial charge in [0.2, 0.25) is 0 Å². The molecule has 0 aliphatic rings. The van der Waals surface area contributed by atoms with E-state index in [4.69, 9.17) is 5.73 Å². The van der Waals surface area contributed by atoms with E-state index < -0.39 is 0 Å². The van der Waals surface area contributed by atoms with Gasteiger partial charge in [0.05, 0.1) is 0 Å². The molecule has 3 rings (SSSR count). The number of nitrogens with zero attached hydrogens (tertiary/aromatic N) is 4. The van der Waals surface area contributed by atoms with Crippen LogP contribution in [0.5, 0.6) is 0 Å². The van der Waals surface area contributed by atoms with E-state index in [0.717, 1.165) is 12.1 Å². The molecule has 3 aromatic rings. The second-order valence-corrected chi connectivity index (χ2v) is 5.35. The summed E-state index contributed by atoms with van der Waals surface area (Å²) in [7, 11) is 0. The molecule has 0 fully saturated rings. The van der Waals surface area contributed by atoms with E-state index in [1.165, 1.54) is 24.7 Å². The highest BCUT2D eigenvalue weighted by molar-refractivity contribution is 5.73. The Hall–Kier alpha value is -2.89. The smallest absolute Gasteiger partial charge is 0.166 e. The number of imidazole rings is 1. The molecule has 0 saturated heterocycles. The minimum Gasteiger partial charge on any atom is -0.393 e. The van der Waals surface area contributed by atoms with Crippen LogP contribution in [-0.4, -0.2) is 19.5 Å². The van der Waals surface area contributed by atoms with Crippen molar-refractivity contribution in [3.05, 3.63) is 54.9 Å². The van der Waals surface area contributed by atoms with Crippen molar-refractivity contribution < 1.29 is 0 Å². The van der Waals surface area contributed by atoms with Crippen LogP contribution in [0.4, 0.5) is 17.2 Å². The monoisotopic (exact) mass is 308 g/mol. The molecular weight excluding hydrogens is 288 g/mol. The Morgan fingerprint density at radius 2 is 2.00 bits per heavy atom. The van der Waals surface area contributed by atoms with Gasteiger partial charge in [-0.25, -0.2) is 15.0 Å². The van der Waals surface area contributed by atoms with Crippen molar-refractivity contribution in [3.63, 3.8) is 0 Å². The Bertz CT molecular complexity index is 749. The second kappa shape index (κ2) is 6.91. The molecule has 6 heteroatoms. The predicted octanol–water partition coefficient (Wildman–Crippen LogP) is 3.33. The van der Waals surface area contributed by atoms with Crippen LogP contribution in [0.2, 0.25) is 0 Å². The zero-order valence-corrected chi connectivity index (χ0v) is 13.1. The fourth-order valence-corrected chi connectivity index (χ4v) is 2.35. The molecule has 0 aliphatic heterocycles. The number of hydrogen-bond acceptors (Lipinski definition) is 5. The van der Waals surface area contributed by atoms with Crippen LogP contribution in [-0.2, 0) is 6.42 Å². The van der Waals surface area contributed by atoms with Crippen LogP contribution in [0.3, 0.4) is 0 Å². The van der Waals surface area contributed by atoms with E-state index in [1.807, 2.05) is 12.1 Å². The summed E-state index contributed by atoms with van der Waals surface area (Å²) in [5.74, 6) is 1.20. The summed E-state index contributed by atoms with van der Waals surface area (Å²) in [6, 6.07) is 8.35. The number of aryl methyl sites for hydroxylation is 1. The molecule has 0 aliphatic carbocycles.